The van der Waals surface area contributed by atoms with Gasteiger partial charge < -0.3 is 10.6 Å². The topological polar surface area (TPSA) is 41.1 Å². The van der Waals surface area contributed by atoms with Crippen molar-refractivity contribution >= 4 is 5.91 Å². The standard InChI is InChI=1S/C8H16N2O/c1-6(7(11)9-3)10-8(2)4-5-8/h6,10H,4-5H2,1-3H3,(H,9,11). The molecule has 1 atom stereocenters. The average molecular weight is 156 g/mol. The molecule has 1 rings (SSSR count). The lowest BCUT2D eigenvalue weighted by Gasteiger charge is -2.17. The second-order valence-electron chi connectivity index (χ2n) is 3.54. The molecule has 0 aliphatic heterocycles. The van der Waals surface area contributed by atoms with E-state index < -0.39 is 0 Å². The van der Waals surface area contributed by atoms with E-state index in [2.05, 4.69) is 17.6 Å². The van der Waals surface area contributed by atoms with Crippen LogP contribution in [0.2, 0.25) is 0 Å². The van der Waals surface area contributed by atoms with E-state index in [1.165, 1.54) is 12.8 Å². The van der Waals surface area contributed by atoms with Gasteiger partial charge in [-0.3, -0.25) is 4.79 Å². The summed E-state index contributed by atoms with van der Waals surface area (Å²) in [5.41, 5.74) is 0.242. The first-order valence-corrected chi connectivity index (χ1v) is 4.07. The molecule has 1 fully saturated rings. The van der Waals surface area contributed by atoms with E-state index in [4.69, 9.17) is 0 Å². The second-order valence-corrected chi connectivity index (χ2v) is 3.54. The highest BCUT2D eigenvalue weighted by atomic mass is 16.2. The molecule has 0 aromatic heterocycles. The maximum atomic E-state index is 11.0. The number of hydrogen-bond acceptors (Lipinski definition) is 2. The summed E-state index contributed by atoms with van der Waals surface area (Å²) in [5.74, 6) is 0.0677. The zero-order valence-corrected chi connectivity index (χ0v) is 7.40. The van der Waals surface area contributed by atoms with Crippen molar-refractivity contribution in [3.05, 3.63) is 0 Å². The largest absolute Gasteiger partial charge is 0.358 e. The number of amides is 1. The number of nitrogens with one attached hydrogen (secondary N) is 2. The maximum absolute atomic E-state index is 11.0. The summed E-state index contributed by atoms with van der Waals surface area (Å²) < 4.78 is 0. The number of rotatable bonds is 3. The van der Waals surface area contributed by atoms with Crippen molar-refractivity contribution in [2.75, 3.05) is 7.05 Å². The average Bonchev–Trinajstić information content (AvgIpc) is 2.66. The molecule has 1 saturated carbocycles. The lowest BCUT2D eigenvalue weighted by molar-refractivity contribution is -0.122. The fourth-order valence-corrected chi connectivity index (χ4v) is 1.14. The minimum absolute atomic E-state index is 0.0625. The van der Waals surface area contributed by atoms with Gasteiger partial charge in [-0.05, 0) is 26.7 Å². The van der Waals surface area contributed by atoms with Gasteiger partial charge in [-0.25, -0.2) is 0 Å². The van der Waals surface area contributed by atoms with Gasteiger partial charge in [0.2, 0.25) is 5.91 Å². The third-order valence-electron chi connectivity index (χ3n) is 2.20. The van der Waals surface area contributed by atoms with Crippen molar-refractivity contribution in [3.8, 4) is 0 Å². The van der Waals surface area contributed by atoms with Gasteiger partial charge in [0.25, 0.3) is 0 Å². The minimum Gasteiger partial charge on any atom is -0.358 e. The van der Waals surface area contributed by atoms with E-state index in [0.717, 1.165) is 0 Å². The summed E-state index contributed by atoms with van der Waals surface area (Å²) >= 11 is 0. The summed E-state index contributed by atoms with van der Waals surface area (Å²) in [5, 5.41) is 5.88. The van der Waals surface area contributed by atoms with Crippen LogP contribution in [-0.4, -0.2) is 24.5 Å². The van der Waals surface area contributed by atoms with Gasteiger partial charge >= 0.3 is 0 Å². The number of carbonyl (C=O) groups excluding carboxylic acids is 1. The molecule has 11 heavy (non-hydrogen) atoms. The molecule has 0 bridgehead atoms. The van der Waals surface area contributed by atoms with Crippen molar-refractivity contribution in [1.29, 1.82) is 0 Å². The van der Waals surface area contributed by atoms with Crippen LogP contribution < -0.4 is 10.6 Å². The lowest BCUT2D eigenvalue weighted by Crippen LogP contribution is -2.45. The molecule has 0 spiro atoms. The molecule has 3 heteroatoms. The molecular formula is C8H16N2O. The van der Waals surface area contributed by atoms with Crippen molar-refractivity contribution < 1.29 is 4.79 Å². The molecule has 0 radical (unpaired) electrons. The Labute approximate surface area is 67.5 Å². The molecule has 3 nitrogen and oxygen atoms in total. The van der Waals surface area contributed by atoms with Crippen LogP contribution in [0.1, 0.15) is 26.7 Å². The summed E-state index contributed by atoms with van der Waals surface area (Å²) in [6, 6.07) is -0.0625. The van der Waals surface area contributed by atoms with Crippen LogP contribution in [-0.2, 0) is 4.79 Å². The molecule has 2 N–H and O–H groups in total. The van der Waals surface area contributed by atoms with Gasteiger partial charge in [0, 0.05) is 12.6 Å². The highest BCUT2D eigenvalue weighted by Crippen LogP contribution is 2.34. The smallest absolute Gasteiger partial charge is 0.236 e. The number of likely N-dealkylation sites (N-methyl/N-ethyl adjacent to an activating group) is 1. The van der Waals surface area contributed by atoms with Gasteiger partial charge in [-0.1, -0.05) is 0 Å². The Morgan fingerprint density at radius 2 is 2.09 bits per heavy atom. The van der Waals surface area contributed by atoms with Crippen molar-refractivity contribution in [2.45, 2.75) is 38.3 Å². The van der Waals surface area contributed by atoms with E-state index >= 15 is 0 Å². The Balaban J connectivity index is 2.31. The molecule has 0 saturated heterocycles. The Morgan fingerprint density at radius 1 is 1.55 bits per heavy atom. The normalized spacial score (nSPS) is 22.5. The van der Waals surface area contributed by atoms with Crippen LogP contribution in [0.15, 0.2) is 0 Å². The highest BCUT2D eigenvalue weighted by molar-refractivity contribution is 5.81. The fourth-order valence-electron chi connectivity index (χ4n) is 1.14. The van der Waals surface area contributed by atoms with E-state index in [9.17, 15) is 4.79 Å². The predicted octanol–water partition coefficient (Wildman–Crippen LogP) is 0.263. The third kappa shape index (κ3) is 2.19. The Morgan fingerprint density at radius 3 is 2.45 bits per heavy atom. The first kappa shape index (κ1) is 8.53. The zero-order valence-electron chi connectivity index (χ0n) is 7.40. The maximum Gasteiger partial charge on any atom is 0.236 e. The molecule has 0 aromatic carbocycles. The van der Waals surface area contributed by atoms with Crippen LogP contribution in [0.5, 0.6) is 0 Å². The van der Waals surface area contributed by atoms with Crippen LogP contribution in [0.3, 0.4) is 0 Å². The fraction of sp³-hybridized carbons (Fsp3) is 0.875. The quantitative estimate of drug-likeness (QED) is 0.615. The summed E-state index contributed by atoms with van der Waals surface area (Å²) in [4.78, 5) is 11.0. The monoisotopic (exact) mass is 156 g/mol. The van der Waals surface area contributed by atoms with Crippen molar-refractivity contribution in [2.24, 2.45) is 0 Å². The summed E-state index contributed by atoms with van der Waals surface area (Å²) in [7, 11) is 1.66. The molecular weight excluding hydrogens is 140 g/mol. The molecule has 1 amide bonds. The van der Waals surface area contributed by atoms with Crippen LogP contribution in [0.4, 0.5) is 0 Å². The Bertz CT molecular complexity index is 163. The molecule has 1 aliphatic rings. The van der Waals surface area contributed by atoms with Gasteiger partial charge in [0.1, 0.15) is 0 Å². The Kier molecular flexibility index (Phi) is 2.18. The van der Waals surface area contributed by atoms with Gasteiger partial charge in [0.05, 0.1) is 6.04 Å². The van der Waals surface area contributed by atoms with Gasteiger partial charge in [0.15, 0.2) is 0 Å². The third-order valence-corrected chi connectivity index (χ3v) is 2.20. The number of carbonyl (C=O) groups is 1. The Hall–Kier alpha value is -0.570. The minimum atomic E-state index is -0.0625. The predicted molar refractivity (Wildman–Crippen MR) is 44.3 cm³/mol. The first-order chi connectivity index (χ1) is 5.07. The van der Waals surface area contributed by atoms with Crippen LogP contribution in [0, 0.1) is 0 Å². The SMILES string of the molecule is CNC(=O)C(C)NC1(C)CC1. The first-order valence-electron chi connectivity index (χ1n) is 4.07. The second kappa shape index (κ2) is 2.81. The van der Waals surface area contributed by atoms with Gasteiger partial charge in [-0.2, -0.15) is 0 Å². The molecule has 1 unspecified atom stereocenters. The molecule has 0 aromatic rings. The number of hydrogen-bond donors (Lipinski definition) is 2. The highest BCUT2D eigenvalue weighted by Gasteiger charge is 2.38. The lowest BCUT2D eigenvalue weighted by atomic mass is 10.2. The van der Waals surface area contributed by atoms with Crippen molar-refractivity contribution in [3.63, 3.8) is 0 Å². The molecule has 1 aliphatic carbocycles. The molecule has 0 heterocycles. The van der Waals surface area contributed by atoms with E-state index in [0.29, 0.717) is 0 Å². The van der Waals surface area contributed by atoms with Crippen LogP contribution >= 0.6 is 0 Å². The zero-order chi connectivity index (χ0) is 8.48. The molecule has 64 valence electrons. The summed E-state index contributed by atoms with van der Waals surface area (Å²) in [6.45, 7) is 4.04. The van der Waals surface area contributed by atoms with Crippen LogP contribution in [0.25, 0.3) is 0 Å². The van der Waals surface area contributed by atoms with E-state index in [-0.39, 0.29) is 17.5 Å². The van der Waals surface area contributed by atoms with E-state index in [1.807, 2.05) is 6.92 Å². The van der Waals surface area contributed by atoms with Crippen molar-refractivity contribution in [1.82, 2.24) is 10.6 Å². The summed E-state index contributed by atoms with van der Waals surface area (Å²) in [6.07, 6.45) is 2.38. The van der Waals surface area contributed by atoms with Gasteiger partial charge in [-0.15, -0.1) is 0 Å². The van der Waals surface area contributed by atoms with E-state index in [1.54, 1.807) is 7.05 Å².